The van der Waals surface area contributed by atoms with Gasteiger partial charge in [0.2, 0.25) is 0 Å². The smallest absolute Gasteiger partial charge is 0.281 e. The predicted molar refractivity (Wildman–Crippen MR) is 44.3 cm³/mol. The summed E-state index contributed by atoms with van der Waals surface area (Å²) in [5.41, 5.74) is -0.188. The Morgan fingerprint density at radius 2 is 2.17 bits per heavy atom. The van der Waals surface area contributed by atoms with Crippen LogP contribution in [0.2, 0.25) is 0 Å². The lowest BCUT2D eigenvalue weighted by atomic mass is 10.1. The van der Waals surface area contributed by atoms with E-state index in [4.69, 9.17) is 0 Å². The van der Waals surface area contributed by atoms with Gasteiger partial charge in [-0.2, -0.15) is 0 Å². The summed E-state index contributed by atoms with van der Waals surface area (Å²) in [6, 6.07) is 0.0764. The zero-order valence-corrected chi connectivity index (χ0v) is 7.09. The second kappa shape index (κ2) is 3.65. The highest BCUT2D eigenvalue weighted by molar-refractivity contribution is 5.67. The Morgan fingerprint density at radius 3 is 2.50 bits per heavy atom. The van der Waals surface area contributed by atoms with Gasteiger partial charge in [0.25, 0.3) is 6.43 Å². The molecule has 1 aliphatic heterocycles. The normalized spacial score (nSPS) is 22.8. The zero-order valence-electron chi connectivity index (χ0n) is 7.09. The van der Waals surface area contributed by atoms with Crippen LogP contribution in [0.1, 0.15) is 13.8 Å². The van der Waals surface area contributed by atoms with Crippen molar-refractivity contribution in [2.75, 3.05) is 0 Å². The maximum absolute atomic E-state index is 12.0. The van der Waals surface area contributed by atoms with E-state index in [9.17, 15) is 8.78 Å². The number of hydrogen-bond acceptors (Lipinski definition) is 2. The fraction of sp³-hybridized carbons (Fsp3) is 0.625. The van der Waals surface area contributed by atoms with Crippen molar-refractivity contribution in [2.24, 2.45) is 10.9 Å². The Hall–Kier alpha value is -0.930. The highest BCUT2D eigenvalue weighted by Gasteiger charge is 2.16. The summed E-state index contributed by atoms with van der Waals surface area (Å²) in [6.45, 7) is 4.01. The van der Waals surface area contributed by atoms with Gasteiger partial charge in [-0.05, 0) is 5.92 Å². The molecule has 12 heavy (non-hydrogen) atoms. The van der Waals surface area contributed by atoms with Crippen LogP contribution in [0, 0.1) is 5.92 Å². The van der Waals surface area contributed by atoms with Gasteiger partial charge in [0.05, 0.1) is 6.04 Å². The first-order chi connectivity index (χ1) is 5.61. The quantitative estimate of drug-likeness (QED) is 0.678. The van der Waals surface area contributed by atoms with Crippen LogP contribution in [0.15, 0.2) is 16.9 Å². The molecule has 0 spiro atoms. The third-order valence-electron chi connectivity index (χ3n) is 1.75. The Morgan fingerprint density at radius 1 is 1.50 bits per heavy atom. The van der Waals surface area contributed by atoms with Gasteiger partial charge < -0.3 is 5.32 Å². The van der Waals surface area contributed by atoms with Crippen LogP contribution in [0.5, 0.6) is 0 Å². The van der Waals surface area contributed by atoms with Crippen molar-refractivity contribution >= 4 is 6.21 Å². The summed E-state index contributed by atoms with van der Waals surface area (Å²) in [7, 11) is 0. The summed E-state index contributed by atoms with van der Waals surface area (Å²) < 4.78 is 24.1. The van der Waals surface area contributed by atoms with Gasteiger partial charge in [-0.1, -0.05) is 13.8 Å². The number of aliphatic imine (C=N–C) groups is 1. The minimum atomic E-state index is -2.48. The first-order valence-corrected chi connectivity index (χ1v) is 3.89. The van der Waals surface area contributed by atoms with Gasteiger partial charge in [0.1, 0.15) is 5.70 Å². The van der Waals surface area contributed by atoms with Crippen LogP contribution < -0.4 is 5.32 Å². The van der Waals surface area contributed by atoms with Gasteiger partial charge >= 0.3 is 0 Å². The predicted octanol–water partition coefficient (Wildman–Crippen LogP) is 1.79. The maximum Gasteiger partial charge on any atom is 0.281 e. The Balaban J connectivity index is 2.55. The molecule has 0 amide bonds. The van der Waals surface area contributed by atoms with E-state index in [0.717, 1.165) is 0 Å². The molecule has 0 aromatic heterocycles. The Kier molecular flexibility index (Phi) is 2.78. The molecular formula is C8H12F2N2. The molecule has 0 aromatic carbocycles. The molecule has 0 aliphatic carbocycles. The Bertz CT molecular complexity index is 209. The number of nitrogens with zero attached hydrogens (tertiary/aromatic N) is 1. The Labute approximate surface area is 70.4 Å². The average molecular weight is 174 g/mol. The fourth-order valence-corrected chi connectivity index (χ4v) is 0.912. The molecule has 0 aromatic rings. The van der Waals surface area contributed by atoms with Crippen molar-refractivity contribution in [3.05, 3.63) is 11.9 Å². The molecule has 0 fully saturated rings. The lowest BCUT2D eigenvalue weighted by Crippen LogP contribution is -2.34. The van der Waals surface area contributed by atoms with Crippen molar-refractivity contribution in [2.45, 2.75) is 26.3 Å². The monoisotopic (exact) mass is 174 g/mol. The molecule has 4 heteroatoms. The van der Waals surface area contributed by atoms with Crippen LogP contribution in [0.4, 0.5) is 8.78 Å². The number of hydrogen-bond donors (Lipinski definition) is 1. The zero-order chi connectivity index (χ0) is 9.14. The molecule has 2 nitrogen and oxygen atoms in total. The van der Waals surface area contributed by atoms with E-state index in [1.54, 1.807) is 0 Å². The molecule has 1 unspecified atom stereocenters. The number of rotatable bonds is 2. The van der Waals surface area contributed by atoms with Crippen LogP contribution in [0.3, 0.4) is 0 Å². The topological polar surface area (TPSA) is 24.4 Å². The summed E-state index contributed by atoms with van der Waals surface area (Å²) in [4.78, 5) is 3.66. The summed E-state index contributed by atoms with van der Waals surface area (Å²) in [6.07, 6.45) is 0.337. The molecule has 0 bridgehead atoms. The summed E-state index contributed by atoms with van der Waals surface area (Å²) >= 11 is 0. The van der Waals surface area contributed by atoms with E-state index in [1.807, 2.05) is 13.8 Å². The SMILES string of the molecule is CC(C)C1C=NC(C(F)F)=CN1. The van der Waals surface area contributed by atoms with Crippen LogP contribution in [0.25, 0.3) is 0 Å². The molecule has 68 valence electrons. The molecule has 0 saturated carbocycles. The van der Waals surface area contributed by atoms with Crippen molar-refractivity contribution in [3.8, 4) is 0 Å². The fourth-order valence-electron chi connectivity index (χ4n) is 0.912. The van der Waals surface area contributed by atoms with Crippen LogP contribution >= 0.6 is 0 Å². The molecule has 1 N–H and O–H groups in total. The highest BCUT2D eigenvalue weighted by atomic mass is 19.3. The van der Waals surface area contributed by atoms with Gasteiger partial charge in [-0.25, -0.2) is 8.78 Å². The van der Waals surface area contributed by atoms with Crippen LogP contribution in [-0.4, -0.2) is 18.7 Å². The first-order valence-electron chi connectivity index (χ1n) is 3.89. The third-order valence-corrected chi connectivity index (χ3v) is 1.75. The molecular weight excluding hydrogens is 162 g/mol. The lowest BCUT2D eigenvalue weighted by molar-refractivity contribution is 0.186. The molecule has 0 saturated heterocycles. The molecule has 0 radical (unpaired) electrons. The molecule has 1 atom stereocenters. The van der Waals surface area contributed by atoms with Gasteiger partial charge in [0, 0.05) is 12.4 Å². The highest BCUT2D eigenvalue weighted by Crippen LogP contribution is 2.13. The average Bonchev–Trinajstić information content (AvgIpc) is 2.04. The van der Waals surface area contributed by atoms with Gasteiger partial charge in [-0.15, -0.1) is 0 Å². The number of nitrogens with one attached hydrogen (secondary N) is 1. The molecule has 1 aliphatic rings. The van der Waals surface area contributed by atoms with Crippen molar-refractivity contribution in [1.29, 1.82) is 0 Å². The van der Waals surface area contributed by atoms with E-state index in [1.165, 1.54) is 12.4 Å². The van der Waals surface area contributed by atoms with E-state index in [2.05, 4.69) is 10.3 Å². The van der Waals surface area contributed by atoms with E-state index >= 15 is 0 Å². The van der Waals surface area contributed by atoms with Crippen molar-refractivity contribution < 1.29 is 8.78 Å². The second-order valence-corrected chi connectivity index (χ2v) is 3.08. The van der Waals surface area contributed by atoms with Crippen LogP contribution in [-0.2, 0) is 0 Å². The second-order valence-electron chi connectivity index (χ2n) is 3.08. The molecule has 1 rings (SSSR count). The molecule has 1 heterocycles. The number of halogens is 2. The van der Waals surface area contributed by atoms with Crippen molar-refractivity contribution in [1.82, 2.24) is 5.32 Å². The minimum Gasteiger partial charge on any atom is -0.381 e. The minimum absolute atomic E-state index is 0.0764. The van der Waals surface area contributed by atoms with Gasteiger partial charge in [-0.3, -0.25) is 4.99 Å². The van der Waals surface area contributed by atoms with E-state index in [-0.39, 0.29) is 11.7 Å². The van der Waals surface area contributed by atoms with Crippen molar-refractivity contribution in [3.63, 3.8) is 0 Å². The summed E-state index contributed by atoms with van der Waals surface area (Å²) in [5, 5.41) is 2.86. The van der Waals surface area contributed by atoms with E-state index < -0.39 is 6.43 Å². The number of allylic oxidation sites excluding steroid dienone is 1. The third kappa shape index (κ3) is 2.03. The summed E-state index contributed by atoms with van der Waals surface area (Å²) in [5.74, 6) is 0.365. The first kappa shape index (κ1) is 9.16. The number of alkyl halides is 2. The standard InChI is InChI=1S/C8H12F2N2/c1-5(2)6-3-12-7(4-11-6)8(9)10/h3-6,8,11H,1-2H3. The maximum atomic E-state index is 12.0. The van der Waals surface area contributed by atoms with Gasteiger partial charge in [0.15, 0.2) is 0 Å². The van der Waals surface area contributed by atoms with E-state index in [0.29, 0.717) is 5.92 Å². The lowest BCUT2D eigenvalue weighted by Gasteiger charge is -2.20. The largest absolute Gasteiger partial charge is 0.381 e.